The van der Waals surface area contributed by atoms with E-state index in [0.717, 1.165) is 4.88 Å². The number of ether oxygens (including phenoxy) is 1. The number of nitrogens with one attached hydrogen (secondary N) is 2. The molecule has 2 aromatic carbocycles. The molecule has 0 aliphatic rings. The molecule has 0 spiro atoms. The van der Waals surface area contributed by atoms with Crippen LogP contribution in [0.15, 0.2) is 67.0 Å². The molecule has 9 nitrogen and oxygen atoms in total. The number of amides is 2. The average Bonchev–Trinajstić information content (AvgIpc) is 3.51. The molecule has 0 radical (unpaired) electrons. The number of para-hydroxylation sites is 1. The maximum atomic E-state index is 13.3. The van der Waals surface area contributed by atoms with E-state index in [0.29, 0.717) is 33.3 Å². The molecule has 0 saturated carbocycles. The predicted molar refractivity (Wildman–Crippen MR) is 132 cm³/mol. The molecule has 35 heavy (non-hydrogen) atoms. The molecule has 2 aromatic heterocycles. The molecule has 0 aliphatic heterocycles. The largest absolute Gasteiger partial charge is 0.438 e. The summed E-state index contributed by atoms with van der Waals surface area (Å²) in [4.78, 5) is 38.9. The Morgan fingerprint density at radius 2 is 1.80 bits per heavy atom. The maximum absolute atomic E-state index is 13.3. The van der Waals surface area contributed by atoms with Crippen molar-refractivity contribution in [2.75, 3.05) is 12.0 Å². The van der Waals surface area contributed by atoms with Crippen molar-refractivity contribution in [3.63, 3.8) is 0 Å². The van der Waals surface area contributed by atoms with Crippen LogP contribution in [0.5, 0.6) is 0 Å². The number of benzene rings is 2. The highest BCUT2D eigenvalue weighted by molar-refractivity contribution is 7.15. The number of aromatic nitrogens is 3. The standard InChI is InChI=1S/C24H20ClN5O4S/c1-2-16-12-18(20(31)17-10-6-7-11-19(17)25)22(35-16)30-13-27-29-21(30)23(32)34-14-26-24(33)28-15-8-4-3-5-9-15/h3-13H,2,14H2,1H3,(H2,26,28,33). The topological polar surface area (TPSA) is 115 Å². The predicted octanol–water partition coefficient (Wildman–Crippen LogP) is 4.71. The quantitative estimate of drug-likeness (QED) is 0.202. The van der Waals surface area contributed by atoms with Crippen LogP contribution in [0.3, 0.4) is 0 Å². The highest BCUT2D eigenvalue weighted by atomic mass is 35.5. The number of thiophene rings is 1. The lowest BCUT2D eigenvalue weighted by molar-refractivity contribution is 0.0470. The number of hydrogen-bond acceptors (Lipinski definition) is 7. The number of hydrogen-bond donors (Lipinski definition) is 2. The summed E-state index contributed by atoms with van der Waals surface area (Å²) in [5.41, 5.74) is 1.31. The summed E-state index contributed by atoms with van der Waals surface area (Å²) in [5.74, 6) is -1.23. The zero-order valence-corrected chi connectivity index (χ0v) is 20.1. The Morgan fingerprint density at radius 3 is 2.54 bits per heavy atom. The highest BCUT2D eigenvalue weighted by Crippen LogP contribution is 2.31. The minimum Gasteiger partial charge on any atom is -0.438 e. The van der Waals surface area contributed by atoms with Gasteiger partial charge in [0.05, 0.1) is 10.6 Å². The first-order valence-electron chi connectivity index (χ1n) is 10.6. The fourth-order valence-corrected chi connectivity index (χ4v) is 4.47. The molecule has 0 bridgehead atoms. The van der Waals surface area contributed by atoms with E-state index >= 15 is 0 Å². The summed E-state index contributed by atoms with van der Waals surface area (Å²) in [6.07, 6.45) is 2.02. The molecule has 178 valence electrons. The second kappa shape index (κ2) is 10.9. The lowest BCUT2D eigenvalue weighted by atomic mass is 10.0. The van der Waals surface area contributed by atoms with Gasteiger partial charge in [-0.25, -0.2) is 9.59 Å². The Morgan fingerprint density at radius 1 is 1.06 bits per heavy atom. The van der Waals surface area contributed by atoms with E-state index in [-0.39, 0.29) is 18.3 Å². The van der Waals surface area contributed by atoms with E-state index in [1.165, 1.54) is 22.2 Å². The van der Waals surface area contributed by atoms with Crippen molar-refractivity contribution >= 4 is 46.4 Å². The van der Waals surface area contributed by atoms with Crippen LogP contribution in [-0.4, -0.2) is 39.3 Å². The van der Waals surface area contributed by atoms with Crippen molar-refractivity contribution in [3.8, 4) is 5.00 Å². The van der Waals surface area contributed by atoms with E-state index < -0.39 is 12.0 Å². The van der Waals surface area contributed by atoms with Gasteiger partial charge in [-0.2, -0.15) is 0 Å². The van der Waals surface area contributed by atoms with Gasteiger partial charge in [-0.3, -0.25) is 9.36 Å². The van der Waals surface area contributed by atoms with Crippen molar-refractivity contribution in [1.29, 1.82) is 0 Å². The average molecular weight is 510 g/mol. The normalized spacial score (nSPS) is 10.6. The summed E-state index contributed by atoms with van der Waals surface area (Å²) >= 11 is 7.58. The van der Waals surface area contributed by atoms with Crippen LogP contribution in [0, 0.1) is 0 Å². The second-order valence-corrected chi connectivity index (χ2v) is 8.71. The van der Waals surface area contributed by atoms with Crippen LogP contribution >= 0.6 is 22.9 Å². The molecule has 4 rings (SSSR count). The number of carbonyl (C=O) groups is 3. The molecular weight excluding hydrogens is 490 g/mol. The van der Waals surface area contributed by atoms with Gasteiger partial charge in [-0.1, -0.05) is 48.9 Å². The van der Waals surface area contributed by atoms with Gasteiger partial charge in [0.2, 0.25) is 5.82 Å². The number of urea groups is 1. The first kappa shape index (κ1) is 24.1. The fourth-order valence-electron chi connectivity index (χ4n) is 3.19. The zero-order valence-electron chi connectivity index (χ0n) is 18.5. The Labute approximate surface area is 209 Å². The van der Waals surface area contributed by atoms with Gasteiger partial charge in [0.1, 0.15) is 11.3 Å². The third-order valence-electron chi connectivity index (χ3n) is 4.89. The second-order valence-electron chi connectivity index (χ2n) is 7.19. The first-order valence-corrected chi connectivity index (χ1v) is 11.8. The van der Waals surface area contributed by atoms with Crippen LogP contribution in [0.1, 0.15) is 38.3 Å². The van der Waals surface area contributed by atoms with E-state index in [1.807, 2.05) is 13.0 Å². The maximum Gasteiger partial charge on any atom is 0.378 e. The van der Waals surface area contributed by atoms with Gasteiger partial charge in [-0.05, 0) is 36.8 Å². The summed E-state index contributed by atoms with van der Waals surface area (Å²) in [7, 11) is 0. The molecule has 0 aliphatic carbocycles. The lowest BCUT2D eigenvalue weighted by Crippen LogP contribution is -2.32. The van der Waals surface area contributed by atoms with Crippen molar-refractivity contribution in [3.05, 3.63) is 93.8 Å². The Hall–Kier alpha value is -4.02. The molecule has 2 heterocycles. The number of ketones is 1. The molecule has 0 atom stereocenters. The van der Waals surface area contributed by atoms with Crippen LogP contribution < -0.4 is 10.6 Å². The fraction of sp³-hybridized carbons (Fsp3) is 0.125. The van der Waals surface area contributed by atoms with Crippen LogP contribution in [-0.2, 0) is 11.2 Å². The summed E-state index contributed by atoms with van der Waals surface area (Å²) in [5, 5.41) is 13.5. The SMILES string of the molecule is CCc1cc(C(=O)c2ccccc2Cl)c(-n2cnnc2C(=O)OCNC(=O)Nc2ccccc2)s1. The van der Waals surface area contributed by atoms with Crippen molar-refractivity contribution in [2.24, 2.45) is 0 Å². The molecule has 0 saturated heterocycles. The minimum atomic E-state index is -0.815. The Kier molecular flexibility index (Phi) is 7.54. The number of esters is 1. The van der Waals surface area contributed by atoms with E-state index in [9.17, 15) is 14.4 Å². The molecule has 2 N–H and O–H groups in total. The third kappa shape index (κ3) is 5.56. The van der Waals surface area contributed by atoms with Crippen molar-refractivity contribution in [1.82, 2.24) is 20.1 Å². The number of carbonyl (C=O) groups excluding carboxylic acids is 3. The Bertz CT molecular complexity index is 1370. The molecule has 2 amide bonds. The molecule has 4 aromatic rings. The van der Waals surface area contributed by atoms with Crippen LogP contribution in [0.25, 0.3) is 5.00 Å². The number of nitrogens with zero attached hydrogens (tertiary/aromatic N) is 3. The molecule has 11 heteroatoms. The third-order valence-corrected chi connectivity index (χ3v) is 6.50. The highest BCUT2D eigenvalue weighted by Gasteiger charge is 2.25. The van der Waals surface area contributed by atoms with Crippen LogP contribution in [0.2, 0.25) is 5.02 Å². The van der Waals surface area contributed by atoms with Crippen molar-refractivity contribution < 1.29 is 19.1 Å². The number of halogens is 1. The van der Waals surface area contributed by atoms with E-state index in [4.69, 9.17) is 16.3 Å². The number of anilines is 1. The van der Waals surface area contributed by atoms with E-state index in [1.54, 1.807) is 54.6 Å². The minimum absolute atomic E-state index is 0.132. The molecule has 0 unspecified atom stereocenters. The van der Waals surface area contributed by atoms with E-state index in [2.05, 4.69) is 20.8 Å². The summed E-state index contributed by atoms with van der Waals surface area (Å²) < 4.78 is 6.56. The van der Waals surface area contributed by atoms with Gasteiger partial charge in [-0.15, -0.1) is 21.5 Å². The Balaban J connectivity index is 1.50. The first-order chi connectivity index (χ1) is 17.0. The zero-order chi connectivity index (χ0) is 24.8. The number of rotatable bonds is 8. The number of aryl methyl sites for hydroxylation is 1. The molecular formula is C24H20ClN5O4S. The smallest absolute Gasteiger partial charge is 0.378 e. The molecule has 0 fully saturated rings. The van der Waals surface area contributed by atoms with Gasteiger partial charge >= 0.3 is 12.0 Å². The van der Waals surface area contributed by atoms with Gasteiger partial charge < -0.3 is 15.4 Å². The van der Waals surface area contributed by atoms with Gasteiger partial charge in [0.25, 0.3) is 0 Å². The monoisotopic (exact) mass is 509 g/mol. The lowest BCUT2D eigenvalue weighted by Gasteiger charge is -2.10. The van der Waals surface area contributed by atoms with Gasteiger partial charge in [0, 0.05) is 16.1 Å². The van der Waals surface area contributed by atoms with Crippen LogP contribution in [0.4, 0.5) is 10.5 Å². The summed E-state index contributed by atoms with van der Waals surface area (Å²) in [6, 6.07) is 16.8. The van der Waals surface area contributed by atoms with Gasteiger partial charge in [0.15, 0.2) is 12.5 Å². The summed E-state index contributed by atoms with van der Waals surface area (Å²) in [6.45, 7) is 1.58. The van der Waals surface area contributed by atoms with Crippen molar-refractivity contribution in [2.45, 2.75) is 13.3 Å².